The third-order valence-electron chi connectivity index (χ3n) is 2.65. The van der Waals surface area contributed by atoms with Gasteiger partial charge in [-0.2, -0.15) is 0 Å². The quantitative estimate of drug-likeness (QED) is 0.452. The number of hydrogen-bond acceptors (Lipinski definition) is 4. The van der Waals surface area contributed by atoms with Crippen molar-refractivity contribution in [2.75, 3.05) is 44.5 Å². The highest BCUT2D eigenvalue weighted by atomic mass is 16.5. The van der Waals surface area contributed by atoms with Crippen LogP contribution in [0.1, 0.15) is 17.3 Å². The highest BCUT2D eigenvalue weighted by molar-refractivity contribution is 5.96. The third-order valence-corrected chi connectivity index (χ3v) is 2.65. The predicted octanol–water partition coefficient (Wildman–Crippen LogP) is 1.66. The van der Waals surface area contributed by atoms with Gasteiger partial charge in [0, 0.05) is 26.2 Å². The molecule has 0 atom stereocenters. The second kappa shape index (κ2) is 7.55. The van der Waals surface area contributed by atoms with Crippen molar-refractivity contribution in [2.24, 2.45) is 0 Å². The number of nitrogens with zero attached hydrogens (tertiary/aromatic N) is 1. The number of ether oxygens (including phenoxy) is 1. The first-order valence-corrected chi connectivity index (χ1v) is 6.49. The lowest BCUT2D eigenvalue weighted by Gasteiger charge is -2.15. The predicted molar refractivity (Wildman–Crippen MR) is 83.1 cm³/mol. The van der Waals surface area contributed by atoms with Gasteiger partial charge in [-0.15, -0.1) is 0 Å². The van der Waals surface area contributed by atoms with E-state index in [1.165, 1.54) is 0 Å². The summed E-state index contributed by atoms with van der Waals surface area (Å²) in [5, 5.41) is 2.79. The molecule has 1 aromatic carbocycles. The number of rotatable bonds is 7. The Hall–Kier alpha value is -2.01. The minimum atomic E-state index is -0.152. The average molecular weight is 277 g/mol. The normalized spacial score (nSPS) is 10.2. The van der Waals surface area contributed by atoms with Gasteiger partial charge in [0.15, 0.2) is 0 Å². The molecule has 0 aliphatic rings. The van der Waals surface area contributed by atoms with E-state index in [4.69, 9.17) is 10.5 Å². The maximum absolute atomic E-state index is 11.9. The molecule has 0 saturated heterocycles. The summed E-state index contributed by atoms with van der Waals surface area (Å²) in [5.74, 6) is -0.152. The number of carbonyl (C=O) groups is 1. The van der Waals surface area contributed by atoms with Crippen LogP contribution in [-0.2, 0) is 4.74 Å². The van der Waals surface area contributed by atoms with E-state index < -0.39 is 0 Å². The molecule has 0 bridgehead atoms. The lowest BCUT2D eigenvalue weighted by atomic mass is 10.1. The minimum Gasteiger partial charge on any atom is -0.397 e. The topological polar surface area (TPSA) is 67.6 Å². The highest BCUT2D eigenvalue weighted by Crippen LogP contribution is 2.22. The zero-order chi connectivity index (χ0) is 15.1. The van der Waals surface area contributed by atoms with E-state index in [0.717, 1.165) is 11.3 Å². The molecule has 0 aliphatic carbocycles. The molecule has 0 aliphatic heterocycles. The fraction of sp³-hybridized carbons (Fsp3) is 0.400. The summed E-state index contributed by atoms with van der Waals surface area (Å²) < 4.78 is 5.31. The molecule has 110 valence electrons. The van der Waals surface area contributed by atoms with Crippen molar-refractivity contribution in [3.05, 3.63) is 35.9 Å². The summed E-state index contributed by atoms with van der Waals surface area (Å²) in [4.78, 5) is 13.8. The van der Waals surface area contributed by atoms with Crippen molar-refractivity contribution in [1.29, 1.82) is 0 Å². The van der Waals surface area contributed by atoms with Gasteiger partial charge in [0.2, 0.25) is 0 Å². The first-order valence-electron chi connectivity index (χ1n) is 6.49. The van der Waals surface area contributed by atoms with Crippen molar-refractivity contribution in [3.63, 3.8) is 0 Å². The van der Waals surface area contributed by atoms with Crippen LogP contribution in [-0.4, -0.2) is 39.8 Å². The van der Waals surface area contributed by atoms with Gasteiger partial charge >= 0.3 is 0 Å². The van der Waals surface area contributed by atoms with Crippen LogP contribution in [0.15, 0.2) is 30.4 Å². The van der Waals surface area contributed by atoms with Crippen molar-refractivity contribution >= 4 is 17.3 Å². The molecule has 3 N–H and O–H groups in total. The number of nitrogens with two attached hydrogens (primary N) is 1. The molecule has 0 aromatic heterocycles. The van der Waals surface area contributed by atoms with Gasteiger partial charge in [0.1, 0.15) is 0 Å². The van der Waals surface area contributed by atoms with Crippen LogP contribution in [0, 0.1) is 0 Å². The Labute approximate surface area is 120 Å². The van der Waals surface area contributed by atoms with Crippen LogP contribution >= 0.6 is 0 Å². The number of hydrogen-bond donors (Lipinski definition) is 2. The number of nitrogen functional groups attached to an aromatic ring is 1. The van der Waals surface area contributed by atoms with Crippen LogP contribution in [0.25, 0.3) is 0 Å². The summed E-state index contributed by atoms with van der Waals surface area (Å²) in [6.45, 7) is 7.07. The SMILES string of the molecule is C=C(C)COCCNC(=O)c1ccc(N(C)C)c(N)c1. The van der Waals surface area contributed by atoms with E-state index in [0.29, 0.717) is 31.0 Å². The Morgan fingerprint density at radius 2 is 2.15 bits per heavy atom. The molecular formula is C15H23N3O2. The summed E-state index contributed by atoms with van der Waals surface area (Å²) in [6.07, 6.45) is 0. The molecule has 1 rings (SSSR count). The molecule has 5 nitrogen and oxygen atoms in total. The molecular weight excluding hydrogens is 254 g/mol. The first-order chi connectivity index (χ1) is 9.41. The van der Waals surface area contributed by atoms with Crippen LogP contribution in [0.4, 0.5) is 11.4 Å². The van der Waals surface area contributed by atoms with Gasteiger partial charge in [-0.1, -0.05) is 12.2 Å². The summed E-state index contributed by atoms with van der Waals surface area (Å²) >= 11 is 0. The molecule has 0 heterocycles. The fourth-order valence-corrected chi connectivity index (χ4v) is 1.69. The number of amides is 1. The largest absolute Gasteiger partial charge is 0.397 e. The monoisotopic (exact) mass is 277 g/mol. The number of benzene rings is 1. The lowest BCUT2D eigenvalue weighted by molar-refractivity contribution is 0.0927. The standard InChI is InChI=1S/C15H23N3O2/c1-11(2)10-20-8-7-17-15(19)12-5-6-14(18(3)4)13(16)9-12/h5-6,9H,1,7-8,10,16H2,2-4H3,(H,17,19). The van der Waals surface area contributed by atoms with Gasteiger partial charge in [-0.25, -0.2) is 0 Å². The molecule has 5 heteroatoms. The molecule has 0 saturated carbocycles. The Kier molecular flexibility index (Phi) is 6.06. The van der Waals surface area contributed by atoms with E-state index in [9.17, 15) is 4.79 Å². The van der Waals surface area contributed by atoms with E-state index in [2.05, 4.69) is 11.9 Å². The van der Waals surface area contributed by atoms with E-state index in [1.807, 2.05) is 32.0 Å². The second-order valence-electron chi connectivity index (χ2n) is 4.93. The molecule has 1 aromatic rings. The van der Waals surface area contributed by atoms with Crippen molar-refractivity contribution < 1.29 is 9.53 Å². The zero-order valence-corrected chi connectivity index (χ0v) is 12.4. The Morgan fingerprint density at radius 3 is 2.70 bits per heavy atom. The molecule has 0 unspecified atom stereocenters. The van der Waals surface area contributed by atoms with Crippen molar-refractivity contribution in [2.45, 2.75) is 6.92 Å². The van der Waals surface area contributed by atoms with Gasteiger partial charge in [-0.3, -0.25) is 4.79 Å². The highest BCUT2D eigenvalue weighted by Gasteiger charge is 2.08. The average Bonchev–Trinajstić information content (AvgIpc) is 2.37. The van der Waals surface area contributed by atoms with Gasteiger partial charge in [0.25, 0.3) is 5.91 Å². The molecule has 0 fully saturated rings. The van der Waals surface area contributed by atoms with Crippen LogP contribution in [0.3, 0.4) is 0 Å². The second-order valence-corrected chi connectivity index (χ2v) is 4.93. The fourth-order valence-electron chi connectivity index (χ4n) is 1.69. The van der Waals surface area contributed by atoms with Crippen LogP contribution in [0.5, 0.6) is 0 Å². The summed E-state index contributed by atoms with van der Waals surface area (Å²) in [7, 11) is 3.81. The molecule has 1 amide bonds. The third kappa shape index (κ3) is 4.93. The van der Waals surface area contributed by atoms with Crippen LogP contribution in [0.2, 0.25) is 0 Å². The molecule has 20 heavy (non-hydrogen) atoms. The maximum Gasteiger partial charge on any atom is 0.251 e. The lowest BCUT2D eigenvalue weighted by Crippen LogP contribution is -2.27. The van der Waals surface area contributed by atoms with Crippen molar-refractivity contribution in [3.8, 4) is 0 Å². The van der Waals surface area contributed by atoms with E-state index >= 15 is 0 Å². The number of carbonyl (C=O) groups excluding carboxylic acids is 1. The zero-order valence-electron chi connectivity index (χ0n) is 12.4. The smallest absolute Gasteiger partial charge is 0.251 e. The van der Waals surface area contributed by atoms with Crippen molar-refractivity contribution in [1.82, 2.24) is 5.32 Å². The van der Waals surface area contributed by atoms with E-state index in [1.54, 1.807) is 12.1 Å². The molecule has 0 radical (unpaired) electrons. The number of nitrogens with one attached hydrogen (secondary N) is 1. The summed E-state index contributed by atoms with van der Waals surface area (Å²) in [6, 6.07) is 5.27. The Bertz CT molecular complexity index is 484. The Morgan fingerprint density at radius 1 is 1.45 bits per heavy atom. The summed E-state index contributed by atoms with van der Waals surface area (Å²) in [5.41, 5.74) is 8.90. The minimum absolute atomic E-state index is 0.152. The first kappa shape index (κ1) is 16.0. The number of anilines is 2. The van der Waals surface area contributed by atoms with Crippen LogP contribution < -0.4 is 16.0 Å². The Balaban J connectivity index is 2.48. The molecule has 0 spiro atoms. The van der Waals surface area contributed by atoms with E-state index in [-0.39, 0.29) is 5.91 Å². The van der Waals surface area contributed by atoms with Gasteiger partial charge in [-0.05, 0) is 25.1 Å². The van der Waals surface area contributed by atoms with Gasteiger partial charge in [0.05, 0.1) is 24.6 Å². The maximum atomic E-state index is 11.9. The van der Waals surface area contributed by atoms with Gasteiger partial charge < -0.3 is 20.7 Å².